The quantitative estimate of drug-likeness (QED) is 0.764. The van der Waals surface area contributed by atoms with E-state index in [1.165, 1.54) is 0 Å². The number of nitrogens with zero attached hydrogens (tertiary/aromatic N) is 1. The molecule has 1 rings (SSSR count). The predicted molar refractivity (Wildman–Crippen MR) is 76.9 cm³/mol. The molecular formula is C15H29F3N2. The van der Waals surface area contributed by atoms with E-state index in [2.05, 4.69) is 31.0 Å². The molecule has 0 aromatic heterocycles. The molecule has 5 heteroatoms. The highest BCUT2D eigenvalue weighted by molar-refractivity contribution is 4.96. The highest BCUT2D eigenvalue weighted by Gasteiger charge is 2.36. The molecule has 1 fully saturated rings. The van der Waals surface area contributed by atoms with Gasteiger partial charge in [0.2, 0.25) is 0 Å². The number of rotatable bonds is 7. The van der Waals surface area contributed by atoms with Crippen molar-refractivity contribution in [2.75, 3.05) is 19.6 Å². The van der Waals surface area contributed by atoms with Gasteiger partial charge in [-0.25, -0.2) is 0 Å². The van der Waals surface area contributed by atoms with Gasteiger partial charge >= 0.3 is 6.18 Å². The van der Waals surface area contributed by atoms with E-state index >= 15 is 0 Å². The van der Waals surface area contributed by atoms with E-state index in [9.17, 15) is 13.2 Å². The summed E-state index contributed by atoms with van der Waals surface area (Å²) in [6.07, 6.45) is -0.290. The fourth-order valence-electron chi connectivity index (χ4n) is 3.12. The maximum atomic E-state index is 12.3. The topological polar surface area (TPSA) is 15.3 Å². The minimum absolute atomic E-state index is 0.0858. The predicted octanol–water partition coefficient (Wildman–Crippen LogP) is 3.96. The van der Waals surface area contributed by atoms with Crippen molar-refractivity contribution in [2.45, 2.75) is 77.1 Å². The third kappa shape index (κ3) is 5.24. The number of alkyl halides is 3. The maximum absolute atomic E-state index is 12.3. The fraction of sp³-hybridized carbons (Fsp3) is 1.00. The standard InChI is InChI=1S/C15H29F3N2/c1-4-8-13-11-19-14(5-2,6-3)12-20(13)10-7-9-15(16,17)18/h13,19H,4-12H2,1-3H3. The van der Waals surface area contributed by atoms with Crippen LogP contribution in [0.2, 0.25) is 0 Å². The lowest BCUT2D eigenvalue weighted by atomic mass is 9.87. The van der Waals surface area contributed by atoms with Crippen molar-refractivity contribution in [1.29, 1.82) is 0 Å². The molecule has 1 heterocycles. The van der Waals surface area contributed by atoms with Crippen LogP contribution in [0.15, 0.2) is 0 Å². The molecule has 1 aliphatic heterocycles. The van der Waals surface area contributed by atoms with Gasteiger partial charge in [0.15, 0.2) is 0 Å². The molecule has 1 aliphatic rings. The number of nitrogens with one attached hydrogen (secondary N) is 1. The largest absolute Gasteiger partial charge is 0.389 e. The van der Waals surface area contributed by atoms with Crippen LogP contribution in [-0.2, 0) is 0 Å². The van der Waals surface area contributed by atoms with E-state index in [0.29, 0.717) is 12.6 Å². The zero-order valence-corrected chi connectivity index (χ0v) is 13.0. The van der Waals surface area contributed by atoms with Gasteiger partial charge in [0.25, 0.3) is 0 Å². The zero-order valence-electron chi connectivity index (χ0n) is 13.0. The third-order valence-electron chi connectivity index (χ3n) is 4.62. The summed E-state index contributed by atoms with van der Waals surface area (Å²) in [5.74, 6) is 0. The van der Waals surface area contributed by atoms with E-state index in [0.717, 1.165) is 38.8 Å². The Labute approximate surface area is 121 Å². The van der Waals surface area contributed by atoms with Crippen molar-refractivity contribution < 1.29 is 13.2 Å². The molecule has 120 valence electrons. The number of hydrogen-bond acceptors (Lipinski definition) is 2. The normalized spacial score (nSPS) is 24.0. The first-order valence-corrected chi connectivity index (χ1v) is 7.91. The van der Waals surface area contributed by atoms with Crippen LogP contribution in [0, 0.1) is 0 Å². The van der Waals surface area contributed by atoms with Crippen molar-refractivity contribution in [3.8, 4) is 0 Å². The van der Waals surface area contributed by atoms with Gasteiger partial charge in [0.05, 0.1) is 0 Å². The van der Waals surface area contributed by atoms with Gasteiger partial charge in [-0.2, -0.15) is 13.2 Å². The van der Waals surface area contributed by atoms with E-state index < -0.39 is 12.6 Å². The third-order valence-corrected chi connectivity index (χ3v) is 4.62. The first-order chi connectivity index (χ1) is 9.36. The molecule has 0 aliphatic carbocycles. The molecule has 2 nitrogen and oxygen atoms in total. The van der Waals surface area contributed by atoms with Crippen molar-refractivity contribution >= 4 is 0 Å². The van der Waals surface area contributed by atoms with Crippen molar-refractivity contribution in [3.05, 3.63) is 0 Å². The molecule has 0 aromatic rings. The fourth-order valence-corrected chi connectivity index (χ4v) is 3.12. The van der Waals surface area contributed by atoms with E-state index in [1.807, 2.05) is 0 Å². The van der Waals surface area contributed by atoms with Crippen LogP contribution >= 0.6 is 0 Å². The lowest BCUT2D eigenvalue weighted by Crippen LogP contribution is -2.63. The van der Waals surface area contributed by atoms with Gasteiger partial charge < -0.3 is 5.32 Å². The first-order valence-electron chi connectivity index (χ1n) is 7.91. The number of halogens is 3. The lowest BCUT2D eigenvalue weighted by molar-refractivity contribution is -0.136. The van der Waals surface area contributed by atoms with Crippen LogP contribution in [0.3, 0.4) is 0 Å². The zero-order chi connectivity index (χ0) is 15.2. The van der Waals surface area contributed by atoms with Crippen LogP contribution in [0.25, 0.3) is 0 Å². The van der Waals surface area contributed by atoms with E-state index in [-0.39, 0.29) is 12.0 Å². The highest BCUT2D eigenvalue weighted by atomic mass is 19.4. The smallest absolute Gasteiger partial charge is 0.308 e. The molecule has 0 radical (unpaired) electrons. The summed E-state index contributed by atoms with van der Waals surface area (Å²) in [6.45, 7) is 8.79. The van der Waals surface area contributed by atoms with E-state index in [1.54, 1.807) is 0 Å². The van der Waals surface area contributed by atoms with Gasteiger partial charge in [-0.3, -0.25) is 4.90 Å². The molecule has 0 bridgehead atoms. The van der Waals surface area contributed by atoms with Crippen molar-refractivity contribution in [1.82, 2.24) is 10.2 Å². The van der Waals surface area contributed by atoms with Crippen LogP contribution in [0.1, 0.15) is 59.3 Å². The summed E-state index contributed by atoms with van der Waals surface area (Å²) in [5, 5.41) is 3.64. The summed E-state index contributed by atoms with van der Waals surface area (Å²) >= 11 is 0. The molecule has 0 aromatic carbocycles. The number of piperazine rings is 1. The second kappa shape index (κ2) is 7.64. The average Bonchev–Trinajstić information content (AvgIpc) is 2.39. The SMILES string of the molecule is CCCC1CNC(CC)(CC)CN1CCCC(F)(F)F. The van der Waals surface area contributed by atoms with Crippen LogP contribution in [0.4, 0.5) is 13.2 Å². The van der Waals surface area contributed by atoms with Crippen LogP contribution < -0.4 is 5.32 Å². The lowest BCUT2D eigenvalue weighted by Gasteiger charge is -2.47. The van der Waals surface area contributed by atoms with Gasteiger partial charge in [0, 0.05) is 31.1 Å². The molecule has 20 heavy (non-hydrogen) atoms. The van der Waals surface area contributed by atoms with Gasteiger partial charge in [-0.1, -0.05) is 27.2 Å². The van der Waals surface area contributed by atoms with E-state index in [4.69, 9.17) is 0 Å². The summed E-state index contributed by atoms with van der Waals surface area (Å²) in [7, 11) is 0. The second-order valence-corrected chi connectivity index (χ2v) is 6.00. The Balaban J connectivity index is 2.59. The Morgan fingerprint density at radius 1 is 1.20 bits per heavy atom. The number of hydrogen-bond donors (Lipinski definition) is 1. The molecule has 0 spiro atoms. The molecule has 1 unspecified atom stereocenters. The molecule has 0 amide bonds. The Hall–Kier alpha value is -0.290. The van der Waals surface area contributed by atoms with Gasteiger partial charge in [-0.05, 0) is 32.2 Å². The summed E-state index contributed by atoms with van der Waals surface area (Å²) in [5.41, 5.74) is 0.0858. The molecule has 0 saturated carbocycles. The maximum Gasteiger partial charge on any atom is 0.389 e. The van der Waals surface area contributed by atoms with Crippen molar-refractivity contribution in [2.24, 2.45) is 0 Å². The molecule has 1 N–H and O–H groups in total. The van der Waals surface area contributed by atoms with Crippen LogP contribution in [0.5, 0.6) is 0 Å². The van der Waals surface area contributed by atoms with Crippen molar-refractivity contribution in [3.63, 3.8) is 0 Å². The Morgan fingerprint density at radius 3 is 2.35 bits per heavy atom. The summed E-state index contributed by atoms with van der Waals surface area (Å²) < 4.78 is 36.9. The average molecular weight is 294 g/mol. The second-order valence-electron chi connectivity index (χ2n) is 6.00. The Morgan fingerprint density at radius 2 is 1.85 bits per heavy atom. The minimum Gasteiger partial charge on any atom is -0.308 e. The van der Waals surface area contributed by atoms with Gasteiger partial charge in [0.1, 0.15) is 0 Å². The summed E-state index contributed by atoms with van der Waals surface area (Å²) in [6, 6.07) is 0.388. The first kappa shape index (κ1) is 17.8. The van der Waals surface area contributed by atoms with Crippen LogP contribution in [-0.4, -0.2) is 42.3 Å². The highest BCUT2D eigenvalue weighted by Crippen LogP contribution is 2.26. The molecule has 1 atom stereocenters. The minimum atomic E-state index is -4.03. The summed E-state index contributed by atoms with van der Waals surface area (Å²) in [4.78, 5) is 2.29. The molecule has 1 saturated heterocycles. The Bertz CT molecular complexity index is 275. The Kier molecular flexibility index (Phi) is 6.79. The molecular weight excluding hydrogens is 265 g/mol. The van der Waals surface area contributed by atoms with Gasteiger partial charge in [-0.15, -0.1) is 0 Å². The monoisotopic (exact) mass is 294 g/mol.